The lowest BCUT2D eigenvalue weighted by atomic mass is 10.2. The number of urea groups is 1. The van der Waals surface area contributed by atoms with Crippen molar-refractivity contribution < 1.29 is 28.2 Å². The van der Waals surface area contributed by atoms with Crippen LogP contribution in [0.5, 0.6) is 0 Å². The van der Waals surface area contributed by atoms with E-state index >= 15 is 0 Å². The molecule has 0 aromatic heterocycles. The smallest absolute Gasteiger partial charge is 0.330 e. The molecule has 1 atom stereocenters. The van der Waals surface area contributed by atoms with Crippen molar-refractivity contribution in [2.24, 2.45) is 0 Å². The molecule has 1 fully saturated rings. The van der Waals surface area contributed by atoms with E-state index in [1.165, 1.54) is 0 Å². The van der Waals surface area contributed by atoms with Crippen LogP contribution in [0.4, 0.5) is 9.18 Å². The molecule has 4 amide bonds. The summed E-state index contributed by atoms with van der Waals surface area (Å²) in [5.74, 6) is -2.30. The summed E-state index contributed by atoms with van der Waals surface area (Å²) in [4.78, 5) is 34.3. The summed E-state index contributed by atoms with van der Waals surface area (Å²) in [7, 11) is 1.57. The third-order valence-corrected chi connectivity index (χ3v) is 2.54. The molecule has 0 aliphatic carbocycles. The molecular formula is C11H17FN2O5. The number of alkyl halides is 1. The highest BCUT2D eigenvalue weighted by atomic mass is 19.1. The van der Waals surface area contributed by atoms with E-state index in [1.807, 2.05) is 0 Å². The highest BCUT2D eigenvalue weighted by Crippen LogP contribution is 2.08. The van der Waals surface area contributed by atoms with Crippen LogP contribution >= 0.6 is 0 Å². The zero-order valence-corrected chi connectivity index (χ0v) is 10.7. The lowest BCUT2D eigenvalue weighted by Crippen LogP contribution is -2.59. The van der Waals surface area contributed by atoms with Gasteiger partial charge in [-0.25, -0.2) is 9.18 Å². The molecule has 1 N–H and O–H groups in total. The lowest BCUT2D eigenvalue weighted by Gasteiger charge is -2.26. The molecule has 1 saturated heterocycles. The Bertz CT molecular complexity index is 350. The number of ether oxygens (including phenoxy) is 2. The molecule has 0 bridgehead atoms. The quantitative estimate of drug-likeness (QED) is 0.492. The van der Waals surface area contributed by atoms with Crippen molar-refractivity contribution in [2.45, 2.75) is 19.0 Å². The molecule has 1 heterocycles. The van der Waals surface area contributed by atoms with Gasteiger partial charge < -0.3 is 9.47 Å². The standard InChI is InChI=1S/C11H17FN2O5/c1-18-6-7-19-5-3-2-4-14-10(16)8(12)9(15)13-11(14)17/h8H,2-7H2,1H3,(H,13,15,17). The summed E-state index contributed by atoms with van der Waals surface area (Å²) in [6, 6.07) is -0.871. The van der Waals surface area contributed by atoms with Gasteiger partial charge >= 0.3 is 6.03 Å². The number of barbiturate groups is 1. The first-order valence-corrected chi connectivity index (χ1v) is 5.95. The summed E-state index contributed by atoms with van der Waals surface area (Å²) in [6.45, 7) is 1.50. The summed E-state index contributed by atoms with van der Waals surface area (Å²) >= 11 is 0. The highest BCUT2D eigenvalue weighted by Gasteiger charge is 2.40. The topological polar surface area (TPSA) is 84.9 Å². The number of rotatable bonds is 8. The van der Waals surface area contributed by atoms with Crippen molar-refractivity contribution in [1.29, 1.82) is 0 Å². The van der Waals surface area contributed by atoms with E-state index in [2.05, 4.69) is 0 Å². The minimum atomic E-state index is -2.30. The van der Waals surface area contributed by atoms with Crippen LogP contribution in [0.1, 0.15) is 12.8 Å². The normalized spacial score (nSPS) is 19.8. The van der Waals surface area contributed by atoms with Crippen molar-refractivity contribution in [2.75, 3.05) is 33.5 Å². The molecule has 7 nitrogen and oxygen atoms in total. The van der Waals surface area contributed by atoms with Crippen LogP contribution in [0.25, 0.3) is 0 Å². The number of unbranched alkanes of at least 4 members (excludes halogenated alkanes) is 1. The van der Waals surface area contributed by atoms with Crippen LogP contribution in [-0.4, -0.2) is 62.4 Å². The molecule has 19 heavy (non-hydrogen) atoms. The first kappa shape index (κ1) is 15.5. The van der Waals surface area contributed by atoms with Gasteiger partial charge in [0.2, 0.25) is 0 Å². The van der Waals surface area contributed by atoms with Gasteiger partial charge in [0.15, 0.2) is 0 Å². The van der Waals surface area contributed by atoms with E-state index in [9.17, 15) is 18.8 Å². The van der Waals surface area contributed by atoms with Crippen LogP contribution < -0.4 is 5.32 Å². The zero-order valence-electron chi connectivity index (χ0n) is 10.7. The average molecular weight is 276 g/mol. The van der Waals surface area contributed by atoms with Crippen LogP contribution in [0.15, 0.2) is 0 Å². The second-order valence-corrected chi connectivity index (χ2v) is 3.96. The van der Waals surface area contributed by atoms with E-state index < -0.39 is 24.0 Å². The molecule has 1 aliphatic heterocycles. The predicted molar refractivity (Wildman–Crippen MR) is 62.1 cm³/mol. The number of carbonyl (C=O) groups is 3. The lowest BCUT2D eigenvalue weighted by molar-refractivity contribution is -0.143. The second kappa shape index (κ2) is 7.80. The Morgan fingerprint density at radius 3 is 2.63 bits per heavy atom. The number of amides is 4. The van der Waals surface area contributed by atoms with E-state index in [0.717, 1.165) is 0 Å². The maximum Gasteiger partial charge on any atom is 0.330 e. The van der Waals surface area contributed by atoms with Crippen molar-refractivity contribution in [3.05, 3.63) is 0 Å². The Morgan fingerprint density at radius 2 is 1.95 bits per heavy atom. The van der Waals surface area contributed by atoms with Gasteiger partial charge in [-0.05, 0) is 12.8 Å². The number of hydrogen-bond acceptors (Lipinski definition) is 5. The van der Waals surface area contributed by atoms with E-state index in [4.69, 9.17) is 9.47 Å². The fourth-order valence-corrected chi connectivity index (χ4v) is 1.52. The van der Waals surface area contributed by atoms with E-state index in [1.54, 1.807) is 12.4 Å². The molecule has 0 aromatic carbocycles. The first-order chi connectivity index (χ1) is 9.07. The van der Waals surface area contributed by atoms with Crippen molar-refractivity contribution >= 4 is 17.8 Å². The molecule has 1 aliphatic rings. The van der Waals surface area contributed by atoms with Crippen molar-refractivity contribution in [3.8, 4) is 0 Å². The third-order valence-electron chi connectivity index (χ3n) is 2.54. The van der Waals surface area contributed by atoms with Gasteiger partial charge in [0, 0.05) is 20.3 Å². The molecule has 1 rings (SSSR count). The largest absolute Gasteiger partial charge is 0.382 e. The number of imide groups is 2. The second-order valence-electron chi connectivity index (χ2n) is 3.96. The Balaban J connectivity index is 2.23. The molecule has 1 unspecified atom stereocenters. The zero-order chi connectivity index (χ0) is 14.3. The fraction of sp³-hybridized carbons (Fsp3) is 0.727. The Morgan fingerprint density at radius 1 is 1.21 bits per heavy atom. The van der Waals surface area contributed by atoms with E-state index in [0.29, 0.717) is 37.6 Å². The SMILES string of the molecule is COCCOCCCCN1C(=O)NC(=O)C(F)C1=O. The Kier molecular flexibility index (Phi) is 6.37. The Labute approximate surface area is 110 Å². The molecule has 0 spiro atoms. The molecule has 8 heteroatoms. The van der Waals surface area contributed by atoms with Crippen molar-refractivity contribution in [3.63, 3.8) is 0 Å². The third kappa shape index (κ3) is 4.56. The number of nitrogens with zero attached hydrogens (tertiary/aromatic N) is 1. The molecule has 0 radical (unpaired) electrons. The van der Waals surface area contributed by atoms with E-state index in [-0.39, 0.29) is 6.54 Å². The van der Waals surface area contributed by atoms with Crippen LogP contribution in [-0.2, 0) is 19.1 Å². The van der Waals surface area contributed by atoms with Gasteiger partial charge in [-0.15, -0.1) is 0 Å². The van der Waals surface area contributed by atoms with Gasteiger partial charge in [0.25, 0.3) is 18.0 Å². The monoisotopic (exact) mass is 276 g/mol. The molecule has 0 aromatic rings. The Hall–Kier alpha value is -1.54. The minimum Gasteiger partial charge on any atom is -0.382 e. The van der Waals surface area contributed by atoms with Gasteiger partial charge in [0.05, 0.1) is 13.2 Å². The summed E-state index contributed by atoms with van der Waals surface area (Å²) in [5, 5.41) is 1.78. The number of hydrogen-bond donors (Lipinski definition) is 1. The van der Waals surface area contributed by atoms with Gasteiger partial charge in [-0.3, -0.25) is 19.8 Å². The molecule has 0 saturated carbocycles. The average Bonchev–Trinajstić information content (AvgIpc) is 2.38. The van der Waals surface area contributed by atoms with Crippen molar-refractivity contribution in [1.82, 2.24) is 10.2 Å². The predicted octanol–water partition coefficient (Wildman–Crippen LogP) is -0.154. The number of halogens is 1. The molecule has 108 valence electrons. The summed E-state index contributed by atoms with van der Waals surface area (Å²) in [5.41, 5.74) is 0. The molecular weight excluding hydrogens is 259 g/mol. The van der Waals surface area contributed by atoms with Crippen LogP contribution in [0, 0.1) is 0 Å². The maximum absolute atomic E-state index is 13.1. The van der Waals surface area contributed by atoms with Gasteiger partial charge in [-0.1, -0.05) is 0 Å². The minimum absolute atomic E-state index is 0.0615. The highest BCUT2D eigenvalue weighted by molar-refractivity contribution is 6.17. The first-order valence-electron chi connectivity index (χ1n) is 5.95. The van der Waals surface area contributed by atoms with Gasteiger partial charge in [-0.2, -0.15) is 0 Å². The van der Waals surface area contributed by atoms with Gasteiger partial charge in [0.1, 0.15) is 0 Å². The summed E-state index contributed by atoms with van der Waals surface area (Å²) in [6.07, 6.45) is -1.20. The summed E-state index contributed by atoms with van der Waals surface area (Å²) < 4.78 is 23.1. The number of nitrogens with one attached hydrogen (secondary N) is 1. The fourth-order valence-electron chi connectivity index (χ4n) is 1.52. The number of carbonyl (C=O) groups excluding carboxylic acids is 3. The number of methoxy groups -OCH3 is 1. The van der Waals surface area contributed by atoms with Crippen LogP contribution in [0.2, 0.25) is 0 Å². The van der Waals surface area contributed by atoms with Crippen LogP contribution in [0.3, 0.4) is 0 Å². The maximum atomic E-state index is 13.1.